The highest BCUT2D eigenvalue weighted by Crippen LogP contribution is 2.25. The Labute approximate surface area is 130 Å². The predicted octanol–water partition coefficient (Wildman–Crippen LogP) is 3.45. The van der Waals surface area contributed by atoms with Crippen molar-refractivity contribution in [3.63, 3.8) is 0 Å². The zero-order valence-corrected chi connectivity index (χ0v) is 13.8. The van der Waals surface area contributed by atoms with Gasteiger partial charge in [0.2, 0.25) is 0 Å². The fraction of sp³-hybridized carbons (Fsp3) is 0.625. The number of hydrogen-bond donors (Lipinski definition) is 1. The molecule has 1 aliphatic heterocycles. The lowest BCUT2D eigenvalue weighted by Gasteiger charge is -2.40. The number of hydrogen-bond acceptors (Lipinski definition) is 3. The lowest BCUT2D eigenvalue weighted by molar-refractivity contribution is 0.0207. The molecule has 0 amide bonds. The van der Waals surface area contributed by atoms with Crippen LogP contribution in [-0.2, 0) is 0 Å². The first-order valence-electron chi connectivity index (χ1n) is 7.39. The van der Waals surface area contributed by atoms with Crippen LogP contribution in [0.1, 0.15) is 33.1 Å². The molecule has 3 atom stereocenters. The Morgan fingerprint density at radius 2 is 1.95 bits per heavy atom. The fourth-order valence-corrected chi connectivity index (χ4v) is 3.28. The van der Waals surface area contributed by atoms with E-state index in [1.807, 2.05) is 24.3 Å². The van der Waals surface area contributed by atoms with Crippen LogP contribution >= 0.6 is 15.9 Å². The molecular weight excluding hydrogens is 318 g/mol. The first kappa shape index (κ1) is 15.8. The van der Waals surface area contributed by atoms with Gasteiger partial charge < -0.3 is 9.84 Å². The molecule has 1 aromatic carbocycles. The summed E-state index contributed by atoms with van der Waals surface area (Å²) in [5, 5.41) is 10.2. The van der Waals surface area contributed by atoms with Gasteiger partial charge in [0.1, 0.15) is 18.5 Å². The standard InChI is InChI=1S/C16H24BrNO2/c1-12-6-5-7-13(2)18(12)10-14(19)11-20-16-9-4-3-8-15(16)17/h3-4,8-9,12-14,19H,5-7,10-11H2,1-2H3/t12-,13-,14-/m0/s1. The van der Waals surface area contributed by atoms with Crippen molar-refractivity contribution >= 4 is 15.9 Å². The van der Waals surface area contributed by atoms with Crippen molar-refractivity contribution in [2.24, 2.45) is 0 Å². The van der Waals surface area contributed by atoms with Gasteiger partial charge in [-0.2, -0.15) is 0 Å². The number of aliphatic hydroxyl groups is 1. The maximum absolute atomic E-state index is 10.2. The van der Waals surface area contributed by atoms with Crippen LogP contribution in [-0.4, -0.2) is 41.3 Å². The van der Waals surface area contributed by atoms with Crippen LogP contribution in [0.25, 0.3) is 0 Å². The highest BCUT2D eigenvalue weighted by Gasteiger charge is 2.26. The Morgan fingerprint density at radius 1 is 1.30 bits per heavy atom. The lowest BCUT2D eigenvalue weighted by atomic mass is 9.97. The number of β-amino-alcohol motifs (C(OH)–C–C–N with tert-alkyl or cyclic N) is 1. The zero-order valence-electron chi connectivity index (χ0n) is 12.3. The summed E-state index contributed by atoms with van der Waals surface area (Å²) in [7, 11) is 0. The number of nitrogens with zero attached hydrogens (tertiary/aromatic N) is 1. The molecule has 20 heavy (non-hydrogen) atoms. The maximum atomic E-state index is 10.2. The van der Waals surface area contributed by atoms with Crippen molar-refractivity contribution in [2.75, 3.05) is 13.2 Å². The van der Waals surface area contributed by atoms with E-state index in [4.69, 9.17) is 4.74 Å². The third-order valence-electron chi connectivity index (χ3n) is 4.07. The van der Waals surface area contributed by atoms with E-state index in [0.29, 0.717) is 25.2 Å². The summed E-state index contributed by atoms with van der Waals surface area (Å²) in [5.41, 5.74) is 0. The van der Waals surface area contributed by atoms with Crippen molar-refractivity contribution in [1.29, 1.82) is 0 Å². The van der Waals surface area contributed by atoms with Gasteiger partial charge in [0.25, 0.3) is 0 Å². The van der Waals surface area contributed by atoms with Gasteiger partial charge in [-0.15, -0.1) is 0 Å². The second-order valence-electron chi connectivity index (χ2n) is 5.72. The Hall–Kier alpha value is -0.580. The van der Waals surface area contributed by atoms with Crippen molar-refractivity contribution < 1.29 is 9.84 Å². The molecule has 4 heteroatoms. The van der Waals surface area contributed by atoms with E-state index in [0.717, 1.165) is 10.2 Å². The van der Waals surface area contributed by atoms with Gasteiger partial charge in [0, 0.05) is 18.6 Å². The summed E-state index contributed by atoms with van der Waals surface area (Å²) in [6, 6.07) is 8.83. The Bertz CT molecular complexity index is 417. The van der Waals surface area contributed by atoms with Crippen LogP contribution in [0.5, 0.6) is 5.75 Å². The van der Waals surface area contributed by atoms with Gasteiger partial charge in [0.15, 0.2) is 0 Å². The van der Waals surface area contributed by atoms with Crippen LogP contribution in [0, 0.1) is 0 Å². The average Bonchev–Trinajstić information content (AvgIpc) is 2.42. The van der Waals surface area contributed by atoms with Gasteiger partial charge in [-0.3, -0.25) is 4.90 Å². The minimum Gasteiger partial charge on any atom is -0.490 e. The summed E-state index contributed by atoms with van der Waals surface area (Å²) in [6.07, 6.45) is 3.29. The van der Waals surface area contributed by atoms with E-state index in [1.165, 1.54) is 19.3 Å². The number of para-hydroxylation sites is 1. The second kappa shape index (κ2) is 7.43. The first-order valence-corrected chi connectivity index (χ1v) is 8.18. The molecule has 0 radical (unpaired) electrons. The van der Waals surface area contributed by atoms with Crippen molar-refractivity contribution in [3.8, 4) is 5.75 Å². The number of benzene rings is 1. The molecule has 0 bridgehead atoms. The number of likely N-dealkylation sites (tertiary alicyclic amines) is 1. The number of rotatable bonds is 5. The van der Waals surface area contributed by atoms with E-state index in [2.05, 4.69) is 34.7 Å². The highest BCUT2D eigenvalue weighted by atomic mass is 79.9. The Kier molecular flexibility index (Phi) is 5.87. The molecular formula is C16H24BrNO2. The van der Waals surface area contributed by atoms with Crippen LogP contribution < -0.4 is 4.74 Å². The smallest absolute Gasteiger partial charge is 0.133 e. The molecule has 0 spiro atoms. The molecule has 1 aliphatic rings. The third-order valence-corrected chi connectivity index (χ3v) is 4.72. The van der Waals surface area contributed by atoms with Gasteiger partial charge >= 0.3 is 0 Å². The van der Waals surface area contributed by atoms with Crippen molar-refractivity contribution in [3.05, 3.63) is 28.7 Å². The lowest BCUT2D eigenvalue weighted by Crippen LogP contribution is -2.48. The van der Waals surface area contributed by atoms with Crippen LogP contribution in [0.4, 0.5) is 0 Å². The summed E-state index contributed by atoms with van der Waals surface area (Å²) >= 11 is 3.45. The molecule has 0 saturated carbocycles. The quantitative estimate of drug-likeness (QED) is 0.890. The van der Waals surface area contributed by atoms with Gasteiger partial charge in [-0.1, -0.05) is 18.6 Å². The van der Waals surface area contributed by atoms with Crippen LogP contribution in [0.15, 0.2) is 28.7 Å². The first-order chi connectivity index (χ1) is 9.58. The fourth-order valence-electron chi connectivity index (χ4n) is 2.88. The van der Waals surface area contributed by atoms with E-state index in [1.54, 1.807) is 0 Å². The van der Waals surface area contributed by atoms with E-state index in [9.17, 15) is 5.11 Å². The largest absolute Gasteiger partial charge is 0.490 e. The SMILES string of the molecule is C[C@H]1CCC[C@H](C)N1C[C@H](O)COc1ccccc1Br. The number of piperidine rings is 1. The summed E-state index contributed by atoms with van der Waals surface area (Å²) in [4.78, 5) is 2.40. The summed E-state index contributed by atoms with van der Waals surface area (Å²) < 4.78 is 6.61. The van der Waals surface area contributed by atoms with Gasteiger partial charge in [0.05, 0.1) is 4.47 Å². The molecule has 2 rings (SSSR count). The molecule has 0 aliphatic carbocycles. The Morgan fingerprint density at radius 3 is 2.60 bits per heavy atom. The van der Waals surface area contributed by atoms with E-state index in [-0.39, 0.29) is 0 Å². The molecule has 1 fully saturated rings. The predicted molar refractivity (Wildman–Crippen MR) is 85.1 cm³/mol. The molecule has 0 unspecified atom stereocenters. The molecule has 1 aromatic rings. The molecule has 112 valence electrons. The average molecular weight is 342 g/mol. The topological polar surface area (TPSA) is 32.7 Å². The minimum absolute atomic E-state index is 0.332. The second-order valence-corrected chi connectivity index (χ2v) is 6.58. The molecule has 1 saturated heterocycles. The number of aliphatic hydroxyl groups excluding tert-OH is 1. The van der Waals surface area contributed by atoms with Gasteiger partial charge in [-0.25, -0.2) is 0 Å². The number of halogens is 1. The summed E-state index contributed by atoms with van der Waals surface area (Å²) in [6.45, 7) is 5.51. The Balaban J connectivity index is 1.83. The third kappa shape index (κ3) is 4.21. The maximum Gasteiger partial charge on any atom is 0.133 e. The van der Waals surface area contributed by atoms with Crippen LogP contribution in [0.3, 0.4) is 0 Å². The molecule has 1 N–H and O–H groups in total. The van der Waals surface area contributed by atoms with Crippen molar-refractivity contribution in [2.45, 2.75) is 51.3 Å². The van der Waals surface area contributed by atoms with Gasteiger partial charge in [-0.05, 0) is 54.8 Å². The number of ether oxygens (including phenoxy) is 1. The summed E-state index contributed by atoms with van der Waals surface area (Å²) in [5.74, 6) is 0.784. The monoisotopic (exact) mass is 341 g/mol. The molecule has 3 nitrogen and oxygen atoms in total. The zero-order chi connectivity index (χ0) is 14.5. The normalized spacial score (nSPS) is 25.4. The van der Waals surface area contributed by atoms with Crippen molar-refractivity contribution in [1.82, 2.24) is 4.90 Å². The molecule has 1 heterocycles. The van der Waals surface area contributed by atoms with E-state index < -0.39 is 6.10 Å². The molecule has 0 aromatic heterocycles. The van der Waals surface area contributed by atoms with E-state index >= 15 is 0 Å². The van der Waals surface area contributed by atoms with Crippen LogP contribution in [0.2, 0.25) is 0 Å². The highest BCUT2D eigenvalue weighted by molar-refractivity contribution is 9.10. The minimum atomic E-state index is -0.454.